The van der Waals surface area contributed by atoms with Crippen LogP contribution in [-0.4, -0.2) is 167 Å². The zero-order valence-corrected chi connectivity index (χ0v) is 62.7. The molecule has 4 aliphatic carbocycles. The molecule has 4 aromatic carbocycles. The molecule has 16 atom stereocenters. The number of aliphatic hydroxyl groups excluding tert-OH is 6. The molecule has 16 unspecified atom stereocenters. The van der Waals surface area contributed by atoms with Gasteiger partial charge in [-0.25, -0.2) is 35.9 Å². The first-order valence-electron chi connectivity index (χ1n) is 35.0. The van der Waals surface area contributed by atoms with Gasteiger partial charge in [-0.3, -0.25) is 29.0 Å². The van der Waals surface area contributed by atoms with E-state index in [0.29, 0.717) is 55.1 Å². The maximum Gasteiger partial charge on any atom is 0.394 e. The van der Waals surface area contributed by atoms with Crippen molar-refractivity contribution in [2.24, 2.45) is 23.7 Å². The molecule has 4 aliphatic rings. The summed E-state index contributed by atoms with van der Waals surface area (Å²) < 4.78 is 42.3. The number of esters is 4. The highest BCUT2D eigenvalue weighted by molar-refractivity contribution is 5.71. The van der Waals surface area contributed by atoms with E-state index in [1.807, 2.05) is 60.7 Å². The predicted octanol–water partition coefficient (Wildman–Crippen LogP) is 11.4. The van der Waals surface area contributed by atoms with Crippen molar-refractivity contribution in [1.82, 2.24) is 0 Å². The molecule has 0 amide bonds. The van der Waals surface area contributed by atoms with E-state index in [1.54, 1.807) is 77.0 Å². The summed E-state index contributed by atoms with van der Waals surface area (Å²) in [5.74, 6) is -1.99. The van der Waals surface area contributed by atoms with Gasteiger partial charge in [-0.15, -0.1) is 0 Å². The topological polar surface area (TPSA) is 298 Å². The molecule has 6 N–H and O–H groups in total. The summed E-state index contributed by atoms with van der Waals surface area (Å²) in [4.78, 5) is 76.7. The van der Waals surface area contributed by atoms with Gasteiger partial charge < -0.3 is 68.5 Å². The lowest BCUT2D eigenvalue weighted by Crippen LogP contribution is -2.50. The average molecular weight is 1510 g/mol. The first kappa shape index (κ1) is 88.7. The molecule has 2 fully saturated rings. The van der Waals surface area contributed by atoms with Crippen LogP contribution in [0.4, 0.5) is 0 Å². The van der Waals surface area contributed by atoms with Crippen molar-refractivity contribution in [2.75, 3.05) is 41.7 Å². The molecule has 26 heteroatoms. The summed E-state index contributed by atoms with van der Waals surface area (Å²) >= 11 is 0. The zero-order valence-electron chi connectivity index (χ0n) is 62.7. The number of aliphatic hydroxyl groups is 6. The highest BCUT2D eigenvalue weighted by Gasteiger charge is 2.63. The molecular formula is C84H96N8O18+4. The van der Waals surface area contributed by atoms with Crippen molar-refractivity contribution in [1.29, 1.82) is 0 Å². The van der Waals surface area contributed by atoms with Crippen LogP contribution in [0.1, 0.15) is 87.5 Å². The smallest absolute Gasteiger partial charge is 0.394 e. The Morgan fingerprint density at radius 2 is 0.664 bits per heavy atom. The minimum absolute atomic E-state index is 0.121. The van der Waals surface area contributed by atoms with Crippen LogP contribution < -0.4 is 18.9 Å². The number of benzene rings is 4. The monoisotopic (exact) mass is 1500 g/mol. The largest absolute Gasteiger partial charge is 0.497 e. The molecule has 0 aromatic heterocycles. The number of ether oxygens (including phenoxy) is 8. The van der Waals surface area contributed by atoms with Crippen LogP contribution in [0, 0.1) is 76.2 Å². The van der Waals surface area contributed by atoms with Crippen molar-refractivity contribution in [3.05, 3.63) is 258 Å². The molecule has 576 valence electrons. The third-order valence-corrected chi connectivity index (χ3v) is 20.2. The highest BCUT2D eigenvalue weighted by Crippen LogP contribution is 2.48. The Hall–Kier alpha value is -11.9. The highest BCUT2D eigenvalue weighted by atomic mass is 16.6. The van der Waals surface area contributed by atoms with E-state index in [0.717, 1.165) is 22.3 Å². The molecule has 8 rings (SSSR count). The van der Waals surface area contributed by atoms with Gasteiger partial charge in [0.15, 0.2) is 0 Å². The molecule has 0 radical (unpaired) electrons. The summed E-state index contributed by atoms with van der Waals surface area (Å²) in [7, 11) is 6.29. The average Bonchev–Trinajstić information content (AvgIpc) is 0.793. The third-order valence-electron chi connectivity index (χ3n) is 20.2. The van der Waals surface area contributed by atoms with Gasteiger partial charge in [-0.05, 0) is 180 Å². The summed E-state index contributed by atoms with van der Waals surface area (Å²) in [6, 6.07) is 29.0. The number of carbonyl (C=O) groups excluding carboxylic acids is 4. The van der Waals surface area contributed by atoms with Crippen LogP contribution in [0.25, 0.3) is 38.8 Å². The molecule has 0 bridgehead atoms. The lowest BCUT2D eigenvalue weighted by molar-refractivity contribution is -0.160. The number of carbonyl (C=O) groups is 4. The maximum atomic E-state index is 11.7. The zero-order chi connectivity index (χ0) is 81.5. The second-order valence-corrected chi connectivity index (χ2v) is 26.8. The third kappa shape index (κ3) is 22.6. The maximum absolute atomic E-state index is 11.7. The lowest BCUT2D eigenvalue weighted by atomic mass is 9.68. The second kappa shape index (κ2) is 42.0. The fourth-order valence-corrected chi connectivity index (χ4v) is 14.4. The molecule has 0 heterocycles. The van der Waals surface area contributed by atoms with E-state index in [9.17, 15) is 39.6 Å². The summed E-state index contributed by atoms with van der Waals surface area (Å²) in [5, 5.41) is 58.8. The van der Waals surface area contributed by atoms with Gasteiger partial charge in [0, 0.05) is 13.8 Å². The molecule has 4 aromatic rings. The van der Waals surface area contributed by atoms with Crippen LogP contribution >= 0.6 is 0 Å². The summed E-state index contributed by atoms with van der Waals surface area (Å²) in [6.07, 6.45) is 4.36. The Bertz CT molecular complexity index is 4320. The molecule has 0 aliphatic heterocycles. The van der Waals surface area contributed by atoms with Crippen LogP contribution in [-0.2, 0) is 63.8 Å². The predicted molar refractivity (Wildman–Crippen MR) is 412 cm³/mol. The van der Waals surface area contributed by atoms with E-state index in [-0.39, 0.29) is 67.7 Å². The van der Waals surface area contributed by atoms with Crippen LogP contribution in [0.3, 0.4) is 0 Å². The quantitative estimate of drug-likeness (QED) is 0.0147. The van der Waals surface area contributed by atoms with E-state index in [2.05, 4.69) is 65.1 Å². The van der Waals surface area contributed by atoms with Crippen LogP contribution in [0.15, 0.2) is 170 Å². The summed E-state index contributed by atoms with van der Waals surface area (Å²) in [5.41, 5.74) is -1.12. The number of rotatable bonds is 26. The normalized spacial score (nSPS) is 23.5. The van der Waals surface area contributed by atoms with Crippen LogP contribution in [0.2, 0.25) is 0 Å². The minimum atomic E-state index is -1.35. The molecule has 0 saturated heterocycles. The van der Waals surface area contributed by atoms with E-state index >= 15 is 0 Å². The van der Waals surface area contributed by atoms with Crippen molar-refractivity contribution in [3.8, 4) is 49.3 Å². The van der Waals surface area contributed by atoms with Crippen LogP contribution in [0.5, 0.6) is 23.0 Å². The van der Waals surface area contributed by atoms with Crippen molar-refractivity contribution < 1.29 is 87.7 Å². The van der Waals surface area contributed by atoms with Gasteiger partial charge in [0.1, 0.15) is 60.6 Å². The number of nitrogens with zero attached hydrogens (tertiary/aromatic N) is 8. The van der Waals surface area contributed by atoms with E-state index < -0.39 is 132 Å². The molecule has 2 saturated carbocycles. The van der Waals surface area contributed by atoms with Gasteiger partial charge in [0.05, 0.1) is 102 Å². The SMILES string of the molecule is [C-]#[N+]C(Cc1ccc(OC)cc1)(C(=C)[N+]#C)C1CC(O)C=CC1OC(=O)CO.[C-]#[N+]C(Cc1ccc(OC)cc1)(C(=C)[N+]#C)C1CC(O)C=CC1OC(C)=O.[C-]#[N+]C(Cc1ccc(OC)cc1)(C(=C)[N+]#C)C1CC(O)CCC1OC(=O)CO.[C-]#[N+]C(Cc1ccc(OC)cc1)(C(=C)[N+]#C)C1CC(O)CCC1OC(C)=O. The van der Waals surface area contributed by atoms with Crippen molar-refractivity contribution in [3.63, 3.8) is 0 Å². The van der Waals surface area contributed by atoms with Gasteiger partial charge in [-0.2, -0.15) is 0 Å². The Labute approximate surface area is 642 Å². The van der Waals surface area contributed by atoms with Crippen molar-refractivity contribution >= 4 is 23.9 Å². The molecule has 110 heavy (non-hydrogen) atoms. The standard InChI is InChI=1S/C21H25N2O5.C21H23N2O5.C21H25N2O4.C21H23N2O4/c2*1-14(22-2)21(23-3,12-15-5-8-17(27-4)9-6-15)18-11-16(25)7-10-19(18)28-20(26)13-24;2*1-14(22-3)21(23-4,13-16-6-9-18(26-5)10-7-16)19-12-17(25)8-11-20(19)27-15(2)24/h2,5-6,8-9,16,18-19,24-25H,1,7,10-13H2,4H3;2,5-10,16,18-19,24-25H,1,11-13H2,4H3;3,6-7,9-10,17,19-20,25H,1,8,11-13H2,2,5H3;3,6-11,17,19-20,25H,1,12-13H2,2,5H3/q4*+1. The second-order valence-electron chi connectivity index (χ2n) is 26.8. The van der Waals surface area contributed by atoms with E-state index in [4.69, 9.17) is 101 Å². The van der Waals surface area contributed by atoms with E-state index in [1.165, 1.54) is 26.0 Å². The van der Waals surface area contributed by atoms with Crippen molar-refractivity contribution in [2.45, 2.75) is 162 Å². The fourth-order valence-electron chi connectivity index (χ4n) is 14.4. The van der Waals surface area contributed by atoms with Gasteiger partial charge in [0.25, 0.3) is 26.3 Å². The number of hydrogen-bond donors (Lipinski definition) is 6. The first-order valence-corrected chi connectivity index (χ1v) is 35.0. The number of methoxy groups -OCH3 is 4. The lowest BCUT2D eigenvalue weighted by Gasteiger charge is -2.37. The Morgan fingerprint density at radius 3 is 0.918 bits per heavy atom. The van der Waals surface area contributed by atoms with Gasteiger partial charge in [-0.1, -0.05) is 60.7 Å². The Balaban J connectivity index is 0.000000263. The van der Waals surface area contributed by atoms with Gasteiger partial charge >= 0.3 is 68.8 Å². The minimum Gasteiger partial charge on any atom is -0.497 e. The van der Waals surface area contributed by atoms with Gasteiger partial charge in [0.2, 0.25) is 0 Å². The summed E-state index contributed by atoms with van der Waals surface area (Å²) in [6.45, 7) is 70.3. The fraction of sp³-hybridized carbons (Fsp3) is 0.429. The molecular weight excluding hydrogens is 1410 g/mol. The molecule has 0 spiro atoms. The first-order chi connectivity index (χ1) is 52.5. The Morgan fingerprint density at radius 1 is 0.400 bits per heavy atom. The Kier molecular flexibility index (Phi) is 33.9. The number of hydrogen-bond acceptors (Lipinski definition) is 18. The molecule has 26 nitrogen and oxygen atoms in total.